The van der Waals surface area contributed by atoms with Gasteiger partial charge in [0.1, 0.15) is 11.8 Å². The average Bonchev–Trinajstić information content (AvgIpc) is 2.84. The maximum Gasteiger partial charge on any atom is 0.289 e. The molecule has 1 aliphatic heterocycles. The zero-order chi connectivity index (χ0) is 13.3. The first kappa shape index (κ1) is 12.6. The van der Waals surface area contributed by atoms with Crippen LogP contribution in [0.5, 0.6) is 0 Å². The second-order valence-corrected chi connectivity index (χ2v) is 4.88. The standard InChI is InChI=1S/C14H16F2N2O/c15-14(16,10-18-7-5-17-6-8-18)12-9-19-13-4-2-1-3-11(12)13/h1-4,9,17H,5-8,10H2. The number of piperazine rings is 1. The molecular weight excluding hydrogens is 250 g/mol. The van der Waals surface area contributed by atoms with Crippen LogP contribution in [-0.2, 0) is 5.92 Å². The molecule has 3 rings (SSSR count). The number of hydrogen-bond donors (Lipinski definition) is 1. The van der Waals surface area contributed by atoms with Crippen molar-refractivity contribution in [2.75, 3.05) is 32.7 Å². The molecule has 5 heteroatoms. The van der Waals surface area contributed by atoms with Gasteiger partial charge in [0.15, 0.2) is 0 Å². The normalized spacial score (nSPS) is 18.0. The summed E-state index contributed by atoms with van der Waals surface area (Å²) >= 11 is 0. The third-order valence-corrected chi connectivity index (χ3v) is 3.51. The summed E-state index contributed by atoms with van der Waals surface area (Å²) in [6.45, 7) is 2.60. The van der Waals surface area contributed by atoms with E-state index in [4.69, 9.17) is 4.42 Å². The number of furan rings is 1. The summed E-state index contributed by atoms with van der Waals surface area (Å²) < 4.78 is 34.0. The van der Waals surface area contributed by atoms with E-state index in [1.54, 1.807) is 29.2 Å². The van der Waals surface area contributed by atoms with Crippen LogP contribution in [0.3, 0.4) is 0 Å². The van der Waals surface area contributed by atoms with Crippen LogP contribution in [0.25, 0.3) is 11.0 Å². The molecular formula is C14H16F2N2O. The van der Waals surface area contributed by atoms with Gasteiger partial charge >= 0.3 is 0 Å². The zero-order valence-corrected chi connectivity index (χ0v) is 10.5. The van der Waals surface area contributed by atoms with Gasteiger partial charge in [-0.15, -0.1) is 0 Å². The van der Waals surface area contributed by atoms with Gasteiger partial charge in [0, 0.05) is 31.6 Å². The van der Waals surface area contributed by atoms with Crippen molar-refractivity contribution in [1.29, 1.82) is 0 Å². The topological polar surface area (TPSA) is 28.4 Å². The number of halogens is 2. The molecule has 3 nitrogen and oxygen atoms in total. The third kappa shape index (κ3) is 2.48. The lowest BCUT2D eigenvalue weighted by atomic mass is 10.1. The van der Waals surface area contributed by atoms with Crippen LogP contribution in [0, 0.1) is 0 Å². The summed E-state index contributed by atoms with van der Waals surface area (Å²) in [5, 5.41) is 3.66. The van der Waals surface area contributed by atoms with E-state index in [-0.39, 0.29) is 12.1 Å². The highest BCUT2D eigenvalue weighted by molar-refractivity contribution is 5.81. The minimum atomic E-state index is -2.88. The van der Waals surface area contributed by atoms with Gasteiger partial charge in [-0.2, -0.15) is 8.78 Å². The van der Waals surface area contributed by atoms with E-state index in [9.17, 15) is 8.78 Å². The van der Waals surface area contributed by atoms with Crippen molar-refractivity contribution in [1.82, 2.24) is 10.2 Å². The molecule has 1 saturated heterocycles. The average molecular weight is 266 g/mol. The minimum Gasteiger partial charge on any atom is -0.464 e. The molecule has 1 fully saturated rings. The molecule has 0 aliphatic carbocycles. The van der Waals surface area contributed by atoms with Crippen molar-refractivity contribution in [2.24, 2.45) is 0 Å². The van der Waals surface area contributed by atoms with Crippen LogP contribution in [-0.4, -0.2) is 37.6 Å². The number of hydrogen-bond acceptors (Lipinski definition) is 3. The van der Waals surface area contributed by atoms with Crippen molar-refractivity contribution in [2.45, 2.75) is 5.92 Å². The number of nitrogens with one attached hydrogen (secondary N) is 1. The number of nitrogens with zero attached hydrogens (tertiary/aromatic N) is 1. The van der Waals surface area contributed by atoms with Gasteiger partial charge in [0.2, 0.25) is 0 Å². The highest BCUT2D eigenvalue weighted by Crippen LogP contribution is 2.35. The summed E-state index contributed by atoms with van der Waals surface area (Å²) in [6, 6.07) is 6.92. The Morgan fingerprint density at radius 3 is 2.74 bits per heavy atom. The molecule has 1 aromatic heterocycles. The van der Waals surface area contributed by atoms with Crippen LogP contribution in [0.15, 0.2) is 34.9 Å². The first-order valence-corrected chi connectivity index (χ1v) is 6.44. The van der Waals surface area contributed by atoms with Crippen molar-refractivity contribution in [3.05, 3.63) is 36.1 Å². The molecule has 0 atom stereocenters. The van der Waals surface area contributed by atoms with Gasteiger partial charge < -0.3 is 9.73 Å². The lowest BCUT2D eigenvalue weighted by Crippen LogP contribution is -2.47. The fourth-order valence-electron chi connectivity index (χ4n) is 2.50. The molecule has 0 saturated carbocycles. The summed E-state index contributed by atoms with van der Waals surface area (Å²) in [5.74, 6) is -2.88. The fourth-order valence-corrected chi connectivity index (χ4v) is 2.50. The first-order chi connectivity index (χ1) is 9.17. The second kappa shape index (κ2) is 4.90. The van der Waals surface area contributed by atoms with Crippen LogP contribution in [0.4, 0.5) is 8.78 Å². The maximum absolute atomic E-state index is 14.4. The molecule has 0 spiro atoms. The zero-order valence-electron chi connectivity index (χ0n) is 10.5. The molecule has 0 amide bonds. The van der Waals surface area contributed by atoms with Crippen LogP contribution in [0.2, 0.25) is 0 Å². The summed E-state index contributed by atoms with van der Waals surface area (Å²) in [7, 11) is 0. The van der Waals surface area contributed by atoms with E-state index in [0.29, 0.717) is 24.1 Å². The van der Waals surface area contributed by atoms with E-state index in [1.807, 2.05) is 0 Å². The molecule has 1 aromatic carbocycles. The van der Waals surface area contributed by atoms with Crippen molar-refractivity contribution in [3.8, 4) is 0 Å². The van der Waals surface area contributed by atoms with Gasteiger partial charge in [-0.05, 0) is 6.07 Å². The van der Waals surface area contributed by atoms with Crippen molar-refractivity contribution < 1.29 is 13.2 Å². The Bertz CT molecular complexity index is 561. The van der Waals surface area contributed by atoms with Gasteiger partial charge in [0.05, 0.1) is 12.1 Å². The predicted octanol–water partition coefficient (Wildman–Crippen LogP) is 2.43. The lowest BCUT2D eigenvalue weighted by molar-refractivity contribution is -0.0393. The number of rotatable bonds is 3. The Balaban J connectivity index is 1.86. The Kier molecular flexibility index (Phi) is 3.24. The second-order valence-electron chi connectivity index (χ2n) is 4.88. The monoisotopic (exact) mass is 266 g/mol. The van der Waals surface area contributed by atoms with E-state index in [0.717, 1.165) is 13.1 Å². The molecule has 19 heavy (non-hydrogen) atoms. The van der Waals surface area contributed by atoms with Gasteiger partial charge in [-0.1, -0.05) is 18.2 Å². The van der Waals surface area contributed by atoms with Crippen molar-refractivity contribution in [3.63, 3.8) is 0 Å². The smallest absolute Gasteiger partial charge is 0.289 e. The predicted molar refractivity (Wildman–Crippen MR) is 69.4 cm³/mol. The Morgan fingerprint density at radius 1 is 1.21 bits per heavy atom. The Morgan fingerprint density at radius 2 is 1.95 bits per heavy atom. The van der Waals surface area contributed by atoms with E-state index in [2.05, 4.69) is 5.32 Å². The fraction of sp³-hybridized carbons (Fsp3) is 0.429. The molecule has 2 heterocycles. The molecule has 2 aromatic rings. The number of fused-ring (bicyclic) bond motifs is 1. The molecule has 102 valence electrons. The molecule has 0 radical (unpaired) electrons. The quantitative estimate of drug-likeness (QED) is 0.925. The van der Waals surface area contributed by atoms with Gasteiger partial charge in [-0.25, -0.2) is 0 Å². The van der Waals surface area contributed by atoms with Crippen LogP contribution < -0.4 is 5.32 Å². The molecule has 0 unspecified atom stereocenters. The number of para-hydroxylation sites is 1. The van der Waals surface area contributed by atoms with Gasteiger partial charge in [-0.3, -0.25) is 4.90 Å². The first-order valence-electron chi connectivity index (χ1n) is 6.44. The van der Waals surface area contributed by atoms with E-state index < -0.39 is 5.92 Å². The van der Waals surface area contributed by atoms with Crippen LogP contribution in [0.1, 0.15) is 5.56 Å². The summed E-state index contributed by atoms with van der Waals surface area (Å²) in [6.07, 6.45) is 1.19. The number of benzene rings is 1. The maximum atomic E-state index is 14.4. The summed E-state index contributed by atoms with van der Waals surface area (Å²) in [5.41, 5.74) is 0.499. The summed E-state index contributed by atoms with van der Waals surface area (Å²) in [4.78, 5) is 1.79. The Hall–Kier alpha value is -1.46. The SMILES string of the molecule is FC(F)(CN1CCNCC1)c1coc2ccccc12. The van der Waals surface area contributed by atoms with Crippen LogP contribution >= 0.6 is 0 Å². The van der Waals surface area contributed by atoms with E-state index >= 15 is 0 Å². The van der Waals surface area contributed by atoms with Gasteiger partial charge in [0.25, 0.3) is 5.92 Å². The van der Waals surface area contributed by atoms with E-state index in [1.165, 1.54) is 6.26 Å². The molecule has 1 aliphatic rings. The third-order valence-electron chi connectivity index (χ3n) is 3.51. The molecule has 0 bridgehead atoms. The highest BCUT2D eigenvalue weighted by atomic mass is 19.3. The minimum absolute atomic E-state index is 0.0124. The largest absolute Gasteiger partial charge is 0.464 e. The van der Waals surface area contributed by atoms with Crippen molar-refractivity contribution >= 4 is 11.0 Å². The molecule has 1 N–H and O–H groups in total. The number of alkyl halides is 2. The highest BCUT2D eigenvalue weighted by Gasteiger charge is 2.37. The Labute approximate surface area is 110 Å². The lowest BCUT2D eigenvalue weighted by Gasteiger charge is -2.30.